The Morgan fingerprint density at radius 2 is 2.04 bits per heavy atom. The van der Waals surface area contributed by atoms with Crippen LogP contribution in [-0.2, 0) is 4.79 Å². The van der Waals surface area contributed by atoms with E-state index < -0.39 is 5.82 Å². The highest BCUT2D eigenvalue weighted by molar-refractivity contribution is 6.31. The van der Waals surface area contributed by atoms with E-state index >= 15 is 0 Å². The van der Waals surface area contributed by atoms with Crippen molar-refractivity contribution in [2.45, 2.75) is 13.0 Å². The third-order valence-corrected chi connectivity index (χ3v) is 4.59. The van der Waals surface area contributed by atoms with Gasteiger partial charge in [-0.25, -0.2) is 9.37 Å². The van der Waals surface area contributed by atoms with E-state index in [9.17, 15) is 9.18 Å². The molecule has 1 unspecified atom stereocenters. The first-order valence-electron chi connectivity index (χ1n) is 8.05. The zero-order chi connectivity index (χ0) is 17.8. The predicted molar refractivity (Wildman–Crippen MR) is 95.3 cm³/mol. The molecular weight excluding hydrogens is 345 g/mol. The molecule has 25 heavy (non-hydrogen) atoms. The van der Waals surface area contributed by atoms with Gasteiger partial charge in [-0.2, -0.15) is 0 Å². The average Bonchev–Trinajstić information content (AvgIpc) is 2.65. The highest BCUT2D eigenvalue weighted by atomic mass is 35.5. The van der Waals surface area contributed by atoms with Gasteiger partial charge in [-0.3, -0.25) is 14.7 Å². The minimum Gasteiger partial charge on any atom is -0.353 e. The summed E-state index contributed by atoms with van der Waals surface area (Å²) in [5, 5.41) is 2.77. The molecule has 132 valence electrons. The van der Waals surface area contributed by atoms with Gasteiger partial charge in [0.25, 0.3) is 0 Å². The number of anilines is 2. The molecule has 1 aromatic carbocycles. The molecule has 3 rings (SSSR count). The number of amides is 1. The topological polar surface area (TPSA) is 61.4 Å². The molecule has 8 heteroatoms. The summed E-state index contributed by atoms with van der Waals surface area (Å²) in [7, 11) is 0. The van der Waals surface area contributed by atoms with Gasteiger partial charge in [-0.05, 0) is 25.1 Å². The summed E-state index contributed by atoms with van der Waals surface area (Å²) in [6, 6.07) is 3.85. The molecule has 1 amide bonds. The van der Waals surface area contributed by atoms with Gasteiger partial charge in [0.15, 0.2) is 0 Å². The first-order valence-corrected chi connectivity index (χ1v) is 8.43. The average molecular weight is 364 g/mol. The van der Waals surface area contributed by atoms with Crippen molar-refractivity contribution in [2.75, 3.05) is 36.4 Å². The molecule has 0 spiro atoms. The zero-order valence-corrected chi connectivity index (χ0v) is 14.6. The molecule has 6 nitrogen and oxygen atoms in total. The van der Waals surface area contributed by atoms with Crippen LogP contribution in [0.25, 0.3) is 0 Å². The lowest BCUT2D eigenvalue weighted by atomic mass is 10.2. The van der Waals surface area contributed by atoms with Gasteiger partial charge in [-0.1, -0.05) is 11.6 Å². The van der Waals surface area contributed by atoms with E-state index in [1.807, 2.05) is 6.92 Å². The Morgan fingerprint density at radius 3 is 2.68 bits per heavy atom. The molecule has 2 aromatic rings. The zero-order valence-electron chi connectivity index (χ0n) is 13.8. The Morgan fingerprint density at radius 1 is 1.28 bits per heavy atom. The Balaban J connectivity index is 1.55. The lowest BCUT2D eigenvalue weighted by Crippen LogP contribution is -2.53. The van der Waals surface area contributed by atoms with Crippen LogP contribution in [0.3, 0.4) is 0 Å². The number of rotatable bonds is 4. The number of hydrogen-bond donors (Lipinski definition) is 1. The minimum absolute atomic E-state index is 0.0111. The van der Waals surface area contributed by atoms with Crippen LogP contribution < -0.4 is 10.2 Å². The van der Waals surface area contributed by atoms with Crippen LogP contribution in [0.2, 0.25) is 5.02 Å². The Bertz CT molecular complexity index is 737. The molecule has 1 fully saturated rings. The fourth-order valence-corrected chi connectivity index (χ4v) is 2.96. The SMILES string of the molecule is CC(C(=O)Nc1ccc(F)c(Cl)c1)N1CCN(c2cnccn2)CC1. The number of carbonyl (C=O) groups excluding carboxylic acids is 1. The molecule has 0 aliphatic carbocycles. The largest absolute Gasteiger partial charge is 0.353 e. The van der Waals surface area contributed by atoms with Gasteiger partial charge < -0.3 is 10.2 Å². The number of piperazine rings is 1. The molecule has 0 saturated carbocycles. The van der Waals surface area contributed by atoms with Crippen molar-refractivity contribution >= 4 is 29.0 Å². The van der Waals surface area contributed by atoms with Crippen LogP contribution in [0.5, 0.6) is 0 Å². The molecule has 1 atom stereocenters. The number of halogens is 2. The first kappa shape index (κ1) is 17.6. The maximum atomic E-state index is 13.2. The van der Waals surface area contributed by atoms with Crippen molar-refractivity contribution in [3.05, 3.63) is 47.6 Å². The summed E-state index contributed by atoms with van der Waals surface area (Å²) in [6.45, 7) is 4.90. The normalized spacial score (nSPS) is 16.5. The van der Waals surface area contributed by atoms with Crippen molar-refractivity contribution < 1.29 is 9.18 Å². The van der Waals surface area contributed by atoms with E-state index in [1.54, 1.807) is 18.6 Å². The third kappa shape index (κ3) is 4.24. The van der Waals surface area contributed by atoms with Gasteiger partial charge in [0.2, 0.25) is 5.91 Å². The summed E-state index contributed by atoms with van der Waals surface area (Å²) in [6.07, 6.45) is 5.06. The van der Waals surface area contributed by atoms with Crippen LogP contribution >= 0.6 is 11.6 Å². The number of carbonyl (C=O) groups is 1. The van der Waals surface area contributed by atoms with E-state index in [0.29, 0.717) is 5.69 Å². The molecule has 1 aliphatic heterocycles. The fourth-order valence-electron chi connectivity index (χ4n) is 2.78. The number of benzene rings is 1. The quantitative estimate of drug-likeness (QED) is 0.904. The second-order valence-electron chi connectivity index (χ2n) is 5.88. The predicted octanol–water partition coefficient (Wildman–Crippen LogP) is 2.42. The Labute approximate surface area is 150 Å². The van der Waals surface area contributed by atoms with E-state index in [0.717, 1.165) is 32.0 Å². The van der Waals surface area contributed by atoms with Gasteiger partial charge in [0.05, 0.1) is 17.3 Å². The smallest absolute Gasteiger partial charge is 0.241 e. The molecule has 1 aromatic heterocycles. The second kappa shape index (κ2) is 7.76. The number of hydrogen-bond acceptors (Lipinski definition) is 5. The van der Waals surface area contributed by atoms with Crippen LogP contribution in [0, 0.1) is 5.82 Å². The number of nitrogens with zero attached hydrogens (tertiary/aromatic N) is 4. The van der Waals surface area contributed by atoms with Gasteiger partial charge in [0, 0.05) is 44.3 Å². The minimum atomic E-state index is -0.507. The Hall–Kier alpha value is -2.25. The van der Waals surface area contributed by atoms with Crippen molar-refractivity contribution in [3.63, 3.8) is 0 Å². The molecule has 0 bridgehead atoms. The lowest BCUT2D eigenvalue weighted by Gasteiger charge is -2.37. The van der Waals surface area contributed by atoms with Crippen molar-refractivity contribution in [1.29, 1.82) is 0 Å². The van der Waals surface area contributed by atoms with Crippen LogP contribution in [0.15, 0.2) is 36.8 Å². The van der Waals surface area contributed by atoms with E-state index in [1.165, 1.54) is 18.2 Å². The first-order chi connectivity index (χ1) is 12.0. The highest BCUT2D eigenvalue weighted by Crippen LogP contribution is 2.20. The van der Waals surface area contributed by atoms with Crippen molar-refractivity contribution in [3.8, 4) is 0 Å². The van der Waals surface area contributed by atoms with Gasteiger partial charge >= 0.3 is 0 Å². The maximum absolute atomic E-state index is 13.2. The molecule has 0 radical (unpaired) electrons. The van der Waals surface area contributed by atoms with Crippen LogP contribution in [-0.4, -0.2) is 53.0 Å². The van der Waals surface area contributed by atoms with Crippen molar-refractivity contribution in [1.82, 2.24) is 14.9 Å². The van der Waals surface area contributed by atoms with Crippen LogP contribution in [0.1, 0.15) is 6.92 Å². The van der Waals surface area contributed by atoms with Crippen LogP contribution in [0.4, 0.5) is 15.9 Å². The van der Waals surface area contributed by atoms with E-state index in [2.05, 4.69) is 25.1 Å². The molecule has 1 aliphatic rings. The summed E-state index contributed by atoms with van der Waals surface area (Å²) >= 11 is 5.75. The molecular formula is C17H19ClFN5O. The lowest BCUT2D eigenvalue weighted by molar-refractivity contribution is -0.120. The van der Waals surface area contributed by atoms with Gasteiger partial charge in [-0.15, -0.1) is 0 Å². The van der Waals surface area contributed by atoms with E-state index in [4.69, 9.17) is 11.6 Å². The monoisotopic (exact) mass is 363 g/mol. The molecule has 2 heterocycles. The molecule has 1 saturated heterocycles. The standard InChI is InChI=1S/C17H19ClFN5O/c1-12(17(25)22-13-2-3-15(19)14(18)10-13)23-6-8-24(9-7-23)16-11-20-4-5-21-16/h2-5,10-12H,6-9H2,1H3,(H,22,25). The summed E-state index contributed by atoms with van der Waals surface area (Å²) in [5.41, 5.74) is 0.487. The third-order valence-electron chi connectivity index (χ3n) is 4.30. The molecule has 1 N–H and O–H groups in total. The highest BCUT2D eigenvalue weighted by Gasteiger charge is 2.26. The summed E-state index contributed by atoms with van der Waals surface area (Å²) in [4.78, 5) is 25.1. The number of nitrogens with one attached hydrogen (secondary N) is 1. The second-order valence-corrected chi connectivity index (χ2v) is 6.29. The van der Waals surface area contributed by atoms with Crippen molar-refractivity contribution in [2.24, 2.45) is 0 Å². The van der Waals surface area contributed by atoms with Gasteiger partial charge in [0.1, 0.15) is 11.6 Å². The summed E-state index contributed by atoms with van der Waals surface area (Å²) < 4.78 is 13.2. The maximum Gasteiger partial charge on any atom is 0.241 e. The Kier molecular flexibility index (Phi) is 5.45. The summed E-state index contributed by atoms with van der Waals surface area (Å²) in [5.74, 6) is 0.198. The number of aromatic nitrogens is 2. The fraction of sp³-hybridized carbons (Fsp3) is 0.353. The van der Waals surface area contributed by atoms with E-state index in [-0.39, 0.29) is 17.0 Å².